The van der Waals surface area contributed by atoms with Crippen molar-refractivity contribution in [2.75, 3.05) is 0 Å². The number of hydrogen-bond acceptors (Lipinski definition) is 3. The Kier molecular flexibility index (Phi) is 6.76. The van der Waals surface area contributed by atoms with Crippen LogP contribution in [0.1, 0.15) is 0 Å². The van der Waals surface area contributed by atoms with E-state index in [1.807, 2.05) is 17.4 Å². The Morgan fingerprint density at radius 1 is 0.321 bits per heavy atom. The molecule has 0 radical (unpaired) electrons. The molecule has 11 rings (SSSR count). The fourth-order valence-corrected chi connectivity index (χ4v) is 9.33. The van der Waals surface area contributed by atoms with Crippen molar-refractivity contribution in [1.29, 1.82) is 0 Å². The lowest BCUT2D eigenvalue weighted by Crippen LogP contribution is -1.97. The summed E-state index contributed by atoms with van der Waals surface area (Å²) in [7, 11) is 0. The third-order valence-corrected chi connectivity index (χ3v) is 11.8. The monoisotopic (exact) mass is 690 g/mol. The van der Waals surface area contributed by atoms with E-state index in [9.17, 15) is 0 Å². The summed E-state index contributed by atoms with van der Waals surface area (Å²) in [5.41, 5.74) is 7.46. The highest BCUT2D eigenvalue weighted by atomic mass is 32.1. The molecule has 0 amide bonds. The van der Waals surface area contributed by atoms with Gasteiger partial charge in [0.2, 0.25) is 0 Å². The van der Waals surface area contributed by atoms with E-state index in [-0.39, 0.29) is 0 Å². The predicted molar refractivity (Wildman–Crippen MR) is 227 cm³/mol. The van der Waals surface area contributed by atoms with Crippen molar-refractivity contribution in [3.8, 4) is 45.0 Å². The highest BCUT2D eigenvalue weighted by Gasteiger charge is 2.18. The predicted octanol–water partition coefficient (Wildman–Crippen LogP) is 14.1. The largest absolute Gasteiger partial charge is 0.228 e. The van der Waals surface area contributed by atoms with Gasteiger partial charge in [-0.1, -0.05) is 158 Å². The minimum absolute atomic E-state index is 0.717. The van der Waals surface area contributed by atoms with E-state index >= 15 is 0 Å². The smallest absolute Gasteiger partial charge is 0.160 e. The molecule has 0 aliphatic carbocycles. The van der Waals surface area contributed by atoms with E-state index < -0.39 is 0 Å². The van der Waals surface area contributed by atoms with Crippen molar-refractivity contribution in [3.05, 3.63) is 182 Å². The van der Waals surface area contributed by atoms with E-state index in [4.69, 9.17) is 9.97 Å². The molecule has 53 heavy (non-hydrogen) atoms. The standard InChI is InChI=1S/C50H30N2S/c1-2-13-32(14-3-1)50-51-45(34-23-24-41-40-20-10-11-21-47(40)53-48(41)29-34)30-46(52-50)39-26-27-42(38-19-9-8-18-37(38)39)49-36-17-7-5-15-33(36)28-44-35-16-6-4-12-31(35)22-25-43(44)49/h1-30H. The summed E-state index contributed by atoms with van der Waals surface area (Å²) in [6.45, 7) is 0. The third kappa shape index (κ3) is 4.86. The van der Waals surface area contributed by atoms with Crippen molar-refractivity contribution in [1.82, 2.24) is 9.97 Å². The number of rotatable bonds is 4. The molecule has 0 aliphatic heterocycles. The zero-order valence-corrected chi connectivity index (χ0v) is 29.4. The average molecular weight is 691 g/mol. The Bertz CT molecular complexity index is 3230. The number of nitrogens with zero attached hydrogens (tertiary/aromatic N) is 2. The quantitative estimate of drug-likeness (QED) is 0.136. The lowest BCUT2D eigenvalue weighted by molar-refractivity contribution is 1.19. The van der Waals surface area contributed by atoms with Crippen LogP contribution < -0.4 is 0 Å². The van der Waals surface area contributed by atoms with E-state index in [1.54, 1.807) is 0 Å². The van der Waals surface area contributed by atoms with Gasteiger partial charge in [0.15, 0.2) is 5.82 Å². The Morgan fingerprint density at radius 2 is 0.943 bits per heavy atom. The maximum Gasteiger partial charge on any atom is 0.160 e. The molecule has 2 heterocycles. The summed E-state index contributed by atoms with van der Waals surface area (Å²) < 4.78 is 2.56. The number of aromatic nitrogens is 2. The molecule has 0 unspecified atom stereocenters. The molecule has 0 spiro atoms. The first-order valence-electron chi connectivity index (χ1n) is 18.0. The molecular formula is C50H30N2S. The zero-order valence-electron chi connectivity index (χ0n) is 28.6. The first-order chi connectivity index (χ1) is 26.3. The number of benzene rings is 9. The van der Waals surface area contributed by atoms with Gasteiger partial charge in [0.25, 0.3) is 0 Å². The van der Waals surface area contributed by atoms with Crippen LogP contribution in [0, 0.1) is 0 Å². The Labute approximate surface area is 310 Å². The molecule has 9 aromatic carbocycles. The highest BCUT2D eigenvalue weighted by Crippen LogP contribution is 2.44. The second-order valence-electron chi connectivity index (χ2n) is 13.7. The maximum atomic E-state index is 5.27. The lowest BCUT2D eigenvalue weighted by Gasteiger charge is -2.17. The minimum atomic E-state index is 0.717. The van der Waals surface area contributed by atoms with Crippen molar-refractivity contribution in [3.63, 3.8) is 0 Å². The van der Waals surface area contributed by atoms with Crippen LogP contribution in [0.3, 0.4) is 0 Å². The second kappa shape index (κ2) is 11.9. The molecule has 3 heteroatoms. The summed E-state index contributed by atoms with van der Waals surface area (Å²) in [5.74, 6) is 0.717. The molecule has 0 atom stereocenters. The van der Waals surface area contributed by atoms with Crippen LogP contribution in [0.15, 0.2) is 182 Å². The van der Waals surface area contributed by atoms with E-state index in [0.29, 0.717) is 0 Å². The van der Waals surface area contributed by atoms with Gasteiger partial charge in [0, 0.05) is 36.9 Å². The summed E-state index contributed by atoms with van der Waals surface area (Å²) in [6, 6.07) is 65.7. The summed E-state index contributed by atoms with van der Waals surface area (Å²) in [5, 5.41) is 12.5. The van der Waals surface area contributed by atoms with E-state index in [2.05, 4.69) is 176 Å². The number of thiophene rings is 1. The Morgan fingerprint density at radius 3 is 1.79 bits per heavy atom. The third-order valence-electron chi connectivity index (χ3n) is 10.7. The van der Waals surface area contributed by atoms with Crippen molar-refractivity contribution in [2.24, 2.45) is 0 Å². The molecule has 0 aliphatic rings. The molecule has 0 N–H and O–H groups in total. The van der Waals surface area contributed by atoms with Crippen LogP contribution in [0.25, 0.3) is 108 Å². The van der Waals surface area contributed by atoms with Gasteiger partial charge >= 0.3 is 0 Å². The van der Waals surface area contributed by atoms with Crippen molar-refractivity contribution >= 4 is 74.6 Å². The zero-order chi connectivity index (χ0) is 34.9. The molecule has 2 nitrogen and oxygen atoms in total. The normalized spacial score (nSPS) is 11.8. The van der Waals surface area contributed by atoms with Crippen LogP contribution in [-0.2, 0) is 0 Å². The Hall–Kier alpha value is -6.68. The van der Waals surface area contributed by atoms with E-state index in [1.165, 1.54) is 69.0 Å². The minimum Gasteiger partial charge on any atom is -0.228 e. The topological polar surface area (TPSA) is 25.8 Å². The molecule has 2 aromatic heterocycles. The van der Waals surface area contributed by atoms with Crippen LogP contribution >= 0.6 is 11.3 Å². The molecule has 0 bridgehead atoms. The molecule has 0 saturated heterocycles. The summed E-state index contributed by atoms with van der Waals surface area (Å²) in [4.78, 5) is 10.5. The van der Waals surface area contributed by atoms with Crippen LogP contribution in [0.4, 0.5) is 0 Å². The summed E-state index contributed by atoms with van der Waals surface area (Å²) in [6.07, 6.45) is 0. The van der Waals surface area contributed by atoms with Gasteiger partial charge < -0.3 is 0 Å². The van der Waals surface area contributed by atoms with Gasteiger partial charge in [-0.25, -0.2) is 9.97 Å². The van der Waals surface area contributed by atoms with Crippen LogP contribution in [0.5, 0.6) is 0 Å². The van der Waals surface area contributed by atoms with Gasteiger partial charge in [0.05, 0.1) is 11.4 Å². The molecular weight excluding hydrogens is 661 g/mol. The van der Waals surface area contributed by atoms with Crippen molar-refractivity contribution < 1.29 is 0 Å². The Balaban J connectivity index is 1.15. The lowest BCUT2D eigenvalue weighted by atomic mass is 9.86. The van der Waals surface area contributed by atoms with Gasteiger partial charge in [-0.2, -0.15) is 0 Å². The van der Waals surface area contributed by atoms with Gasteiger partial charge in [0.1, 0.15) is 0 Å². The highest BCUT2D eigenvalue weighted by molar-refractivity contribution is 7.25. The van der Waals surface area contributed by atoms with Gasteiger partial charge in [-0.05, 0) is 78.5 Å². The number of hydrogen-bond donors (Lipinski definition) is 0. The van der Waals surface area contributed by atoms with E-state index in [0.717, 1.165) is 39.3 Å². The average Bonchev–Trinajstić information content (AvgIpc) is 3.61. The van der Waals surface area contributed by atoms with Crippen molar-refractivity contribution in [2.45, 2.75) is 0 Å². The molecule has 0 saturated carbocycles. The fourth-order valence-electron chi connectivity index (χ4n) is 8.19. The van der Waals surface area contributed by atoms with Crippen LogP contribution in [0.2, 0.25) is 0 Å². The molecule has 0 fully saturated rings. The number of fused-ring (bicyclic) bond motifs is 8. The second-order valence-corrected chi connectivity index (χ2v) is 14.8. The molecule has 246 valence electrons. The first kappa shape index (κ1) is 30.0. The van der Waals surface area contributed by atoms with Gasteiger partial charge in [-0.15, -0.1) is 11.3 Å². The van der Waals surface area contributed by atoms with Gasteiger partial charge in [-0.3, -0.25) is 0 Å². The fraction of sp³-hybridized carbons (Fsp3) is 0. The maximum absolute atomic E-state index is 5.27. The SMILES string of the molecule is c1ccc(-c2nc(-c3ccc4c(c3)sc3ccccc34)cc(-c3ccc(-c4c5ccccc5cc5c4ccc4ccccc45)c4ccccc34)n2)cc1. The summed E-state index contributed by atoms with van der Waals surface area (Å²) >= 11 is 1.83. The molecule has 11 aromatic rings. The van der Waals surface area contributed by atoms with Crippen LogP contribution in [-0.4, -0.2) is 9.97 Å². The first-order valence-corrected chi connectivity index (χ1v) is 18.8.